The summed E-state index contributed by atoms with van der Waals surface area (Å²) in [4.78, 5) is 17.1. The van der Waals surface area contributed by atoms with Crippen LogP contribution < -0.4 is 15.5 Å². The van der Waals surface area contributed by atoms with Crippen LogP contribution in [-0.2, 0) is 11.3 Å². The van der Waals surface area contributed by atoms with Crippen molar-refractivity contribution >= 4 is 52.3 Å². The summed E-state index contributed by atoms with van der Waals surface area (Å²) in [7, 11) is 0. The molecule has 1 heterocycles. The predicted molar refractivity (Wildman–Crippen MR) is 159 cm³/mol. The lowest BCUT2D eigenvalue weighted by Crippen LogP contribution is -2.46. The molecule has 0 atom stereocenters. The Hall–Kier alpha value is -3.19. The van der Waals surface area contributed by atoms with Gasteiger partial charge in [-0.05, 0) is 71.2 Å². The third-order valence-electron chi connectivity index (χ3n) is 6.48. The van der Waals surface area contributed by atoms with E-state index < -0.39 is 0 Å². The fraction of sp³-hybridized carbons (Fsp3) is 0.267. The average molecular weight is 533 g/mol. The van der Waals surface area contributed by atoms with Crippen LogP contribution in [0.5, 0.6) is 0 Å². The number of carbonyl (C=O) groups excluding carboxylic acids is 1. The lowest BCUT2D eigenvalue weighted by molar-refractivity contribution is -0.115. The van der Waals surface area contributed by atoms with E-state index in [2.05, 4.69) is 64.6 Å². The Morgan fingerprint density at radius 3 is 2.30 bits per heavy atom. The summed E-state index contributed by atoms with van der Waals surface area (Å²) in [6.07, 6.45) is 3.28. The summed E-state index contributed by atoms with van der Waals surface area (Å²) in [6, 6.07) is 24.4. The van der Waals surface area contributed by atoms with Gasteiger partial charge in [-0.2, -0.15) is 0 Å². The molecule has 3 aromatic rings. The van der Waals surface area contributed by atoms with E-state index in [0.717, 1.165) is 49.0 Å². The number of thiocarbonyl (C=S) groups is 1. The zero-order valence-corrected chi connectivity index (χ0v) is 22.9. The van der Waals surface area contributed by atoms with E-state index in [1.54, 1.807) is 6.08 Å². The second-order valence-corrected chi connectivity index (χ2v) is 10.3. The minimum Gasteiger partial charge on any atom is -0.369 e. The van der Waals surface area contributed by atoms with E-state index in [0.29, 0.717) is 5.92 Å². The summed E-state index contributed by atoms with van der Waals surface area (Å²) in [5, 5.41) is 6.89. The van der Waals surface area contributed by atoms with Crippen molar-refractivity contribution in [3.05, 3.63) is 101 Å². The lowest BCUT2D eigenvalue weighted by atomic mass is 10.0. The van der Waals surface area contributed by atoms with Gasteiger partial charge in [0, 0.05) is 55.2 Å². The maximum absolute atomic E-state index is 12.3. The molecule has 1 saturated heterocycles. The molecule has 0 spiro atoms. The van der Waals surface area contributed by atoms with Crippen LogP contribution in [0.3, 0.4) is 0 Å². The number of piperazine rings is 1. The number of nitrogens with zero attached hydrogens (tertiary/aromatic N) is 2. The van der Waals surface area contributed by atoms with Crippen molar-refractivity contribution in [1.29, 1.82) is 0 Å². The second-order valence-electron chi connectivity index (χ2n) is 9.50. The van der Waals surface area contributed by atoms with Crippen molar-refractivity contribution in [1.82, 2.24) is 10.2 Å². The number of carbonyl (C=O) groups is 1. The van der Waals surface area contributed by atoms with Gasteiger partial charge in [0.25, 0.3) is 0 Å². The van der Waals surface area contributed by atoms with Gasteiger partial charge in [-0.15, -0.1) is 0 Å². The monoisotopic (exact) mass is 532 g/mol. The Morgan fingerprint density at radius 2 is 1.65 bits per heavy atom. The van der Waals surface area contributed by atoms with E-state index in [1.807, 2.05) is 42.5 Å². The Balaban J connectivity index is 1.22. The Bertz CT molecular complexity index is 1230. The highest BCUT2D eigenvalue weighted by atomic mass is 35.5. The lowest BCUT2D eigenvalue weighted by Gasteiger charge is -2.36. The zero-order chi connectivity index (χ0) is 26.2. The molecule has 0 radical (unpaired) electrons. The number of rotatable bonds is 7. The van der Waals surface area contributed by atoms with Crippen LogP contribution in [0.2, 0.25) is 5.02 Å². The van der Waals surface area contributed by atoms with Crippen LogP contribution in [-0.4, -0.2) is 42.1 Å². The largest absolute Gasteiger partial charge is 0.369 e. The molecule has 0 bridgehead atoms. The molecule has 1 aliphatic rings. The molecular formula is C30H33ClN4OS. The maximum atomic E-state index is 12.3. The molecule has 0 unspecified atom stereocenters. The Morgan fingerprint density at radius 1 is 0.973 bits per heavy atom. The van der Waals surface area contributed by atoms with Gasteiger partial charge in [-0.1, -0.05) is 67.9 Å². The van der Waals surface area contributed by atoms with Crippen molar-refractivity contribution in [2.24, 2.45) is 0 Å². The molecular weight excluding hydrogens is 500 g/mol. The summed E-state index contributed by atoms with van der Waals surface area (Å²) in [5.41, 5.74) is 5.42. The quantitative estimate of drug-likeness (QED) is 0.276. The molecule has 7 heteroatoms. The van der Waals surface area contributed by atoms with Gasteiger partial charge >= 0.3 is 0 Å². The molecule has 4 rings (SSSR count). The number of benzene rings is 3. The molecule has 5 nitrogen and oxygen atoms in total. The Labute approximate surface area is 230 Å². The van der Waals surface area contributed by atoms with E-state index >= 15 is 0 Å². The standard InChI is InChI=1S/C30H33ClN4OS/c1-22(2)24-10-7-23(8-11-24)9-16-29(36)33-30(37)32-26-12-14-27(15-13-26)35-19-17-34(18-20-35)21-25-5-3-4-6-28(25)31/h3-16,22H,17-21H2,1-2H3,(H2,32,33,36,37)/b16-9+. The van der Waals surface area contributed by atoms with Crippen molar-refractivity contribution < 1.29 is 4.79 Å². The number of amides is 1. The highest BCUT2D eigenvalue weighted by Gasteiger charge is 2.18. The van der Waals surface area contributed by atoms with E-state index in [9.17, 15) is 4.79 Å². The van der Waals surface area contributed by atoms with Crippen LogP contribution in [0.4, 0.5) is 11.4 Å². The molecule has 37 heavy (non-hydrogen) atoms. The van der Waals surface area contributed by atoms with Crippen LogP contribution >= 0.6 is 23.8 Å². The molecule has 1 fully saturated rings. The molecule has 3 aromatic carbocycles. The van der Waals surface area contributed by atoms with Gasteiger partial charge in [-0.25, -0.2) is 0 Å². The van der Waals surface area contributed by atoms with Gasteiger partial charge in [-0.3, -0.25) is 15.0 Å². The molecule has 0 aromatic heterocycles. The summed E-state index contributed by atoms with van der Waals surface area (Å²) in [5.74, 6) is 0.214. The second kappa shape index (κ2) is 12.9. The van der Waals surface area contributed by atoms with E-state index in [1.165, 1.54) is 22.9 Å². The van der Waals surface area contributed by atoms with E-state index in [4.69, 9.17) is 23.8 Å². The van der Waals surface area contributed by atoms with Crippen molar-refractivity contribution in [3.63, 3.8) is 0 Å². The van der Waals surface area contributed by atoms with Crippen LogP contribution in [0.15, 0.2) is 78.9 Å². The molecule has 192 valence electrons. The highest BCUT2D eigenvalue weighted by molar-refractivity contribution is 7.80. The fourth-order valence-electron chi connectivity index (χ4n) is 4.27. The van der Waals surface area contributed by atoms with Gasteiger partial charge < -0.3 is 10.2 Å². The summed E-state index contributed by atoms with van der Waals surface area (Å²) >= 11 is 11.6. The third-order valence-corrected chi connectivity index (χ3v) is 7.05. The SMILES string of the molecule is CC(C)c1ccc(/C=C/C(=O)NC(=S)Nc2ccc(N3CCN(Cc4ccccc4Cl)CC3)cc2)cc1. The first-order valence-electron chi connectivity index (χ1n) is 12.6. The number of halogens is 1. The van der Waals surface area contributed by atoms with Gasteiger partial charge in [0.1, 0.15) is 0 Å². The van der Waals surface area contributed by atoms with Crippen LogP contribution in [0.25, 0.3) is 6.08 Å². The topological polar surface area (TPSA) is 47.6 Å². The van der Waals surface area contributed by atoms with Gasteiger partial charge in [0.05, 0.1) is 0 Å². The number of anilines is 2. The molecule has 1 aliphatic heterocycles. The van der Waals surface area contributed by atoms with Crippen molar-refractivity contribution in [3.8, 4) is 0 Å². The van der Waals surface area contributed by atoms with Crippen LogP contribution in [0.1, 0.15) is 36.5 Å². The fourth-order valence-corrected chi connectivity index (χ4v) is 4.68. The van der Waals surface area contributed by atoms with Crippen molar-refractivity contribution in [2.45, 2.75) is 26.3 Å². The van der Waals surface area contributed by atoms with Gasteiger partial charge in [0.15, 0.2) is 5.11 Å². The number of hydrogen-bond acceptors (Lipinski definition) is 4. The van der Waals surface area contributed by atoms with Crippen LogP contribution in [0, 0.1) is 0 Å². The number of hydrogen-bond donors (Lipinski definition) is 2. The highest BCUT2D eigenvalue weighted by Crippen LogP contribution is 2.22. The third kappa shape index (κ3) is 7.89. The van der Waals surface area contributed by atoms with Gasteiger partial charge in [0.2, 0.25) is 5.91 Å². The average Bonchev–Trinajstić information content (AvgIpc) is 2.90. The molecule has 1 amide bonds. The molecule has 2 N–H and O–H groups in total. The number of nitrogens with one attached hydrogen (secondary N) is 2. The van der Waals surface area contributed by atoms with E-state index in [-0.39, 0.29) is 11.0 Å². The first kappa shape index (κ1) is 26.9. The molecule has 0 saturated carbocycles. The minimum atomic E-state index is -0.267. The predicted octanol–water partition coefficient (Wildman–Crippen LogP) is 6.31. The molecule has 0 aliphatic carbocycles. The maximum Gasteiger partial charge on any atom is 0.250 e. The normalized spacial score (nSPS) is 14.2. The summed E-state index contributed by atoms with van der Waals surface area (Å²) in [6.45, 7) is 9.07. The minimum absolute atomic E-state index is 0.267. The summed E-state index contributed by atoms with van der Waals surface area (Å²) < 4.78 is 0. The van der Waals surface area contributed by atoms with Crippen molar-refractivity contribution in [2.75, 3.05) is 36.4 Å². The zero-order valence-electron chi connectivity index (χ0n) is 21.3. The Kier molecular flexibility index (Phi) is 9.34. The smallest absolute Gasteiger partial charge is 0.250 e. The first-order chi connectivity index (χ1) is 17.9. The first-order valence-corrected chi connectivity index (χ1v) is 13.4.